The van der Waals surface area contributed by atoms with Gasteiger partial charge in [0.2, 0.25) is 9.84 Å². The maximum atomic E-state index is 13.4. The zero-order chi connectivity index (χ0) is 22.9. The van der Waals surface area contributed by atoms with Crippen molar-refractivity contribution >= 4 is 32.9 Å². The van der Waals surface area contributed by atoms with Gasteiger partial charge in [-0.2, -0.15) is 0 Å². The quantitative estimate of drug-likeness (QED) is 0.486. The summed E-state index contributed by atoms with van der Waals surface area (Å²) in [5.74, 6) is -0.961. The van der Waals surface area contributed by atoms with Gasteiger partial charge in [0, 0.05) is 0 Å². The van der Waals surface area contributed by atoms with Crippen molar-refractivity contribution in [2.75, 3.05) is 0 Å². The Morgan fingerprint density at radius 1 is 0.906 bits per heavy atom. The molecular formula is C27H24O4S. The fraction of sp³-hybridized carbons (Fsp3) is 0.148. The Bertz CT molecular complexity index is 1330. The van der Waals surface area contributed by atoms with E-state index in [0.717, 1.165) is 22.3 Å². The first-order valence-electron chi connectivity index (χ1n) is 10.4. The normalized spacial score (nSPS) is 15.2. The molecule has 0 amide bonds. The fourth-order valence-corrected chi connectivity index (χ4v) is 5.47. The van der Waals surface area contributed by atoms with E-state index in [1.54, 1.807) is 54.6 Å². The minimum atomic E-state index is -3.64. The van der Waals surface area contributed by atoms with E-state index in [0.29, 0.717) is 11.3 Å². The summed E-state index contributed by atoms with van der Waals surface area (Å²) in [5.41, 5.74) is 3.54. The van der Waals surface area contributed by atoms with E-state index in [9.17, 15) is 13.2 Å². The molecule has 1 aliphatic rings. The minimum Gasteiger partial charge on any atom is -0.478 e. The largest absolute Gasteiger partial charge is 0.478 e. The highest BCUT2D eigenvalue weighted by atomic mass is 32.2. The number of aromatic carboxylic acids is 1. The predicted octanol–water partition coefficient (Wildman–Crippen LogP) is 6.05. The molecule has 0 unspecified atom stereocenters. The summed E-state index contributed by atoms with van der Waals surface area (Å²) < 4.78 is 26.8. The van der Waals surface area contributed by atoms with E-state index in [4.69, 9.17) is 5.11 Å². The number of fused-ring (bicyclic) bond motifs is 1. The Labute approximate surface area is 188 Å². The summed E-state index contributed by atoms with van der Waals surface area (Å²) in [7, 11) is -3.64. The molecule has 0 aliphatic heterocycles. The zero-order valence-electron chi connectivity index (χ0n) is 17.9. The summed E-state index contributed by atoms with van der Waals surface area (Å²) >= 11 is 0. The lowest BCUT2D eigenvalue weighted by Gasteiger charge is -2.32. The zero-order valence-corrected chi connectivity index (χ0v) is 18.8. The first kappa shape index (κ1) is 21.8. The van der Waals surface area contributed by atoms with Crippen LogP contribution in [0.4, 0.5) is 0 Å². The minimum absolute atomic E-state index is 0.167. The molecule has 0 aromatic heterocycles. The molecular weight excluding hydrogens is 420 g/mol. The van der Waals surface area contributed by atoms with E-state index in [2.05, 4.69) is 13.8 Å². The van der Waals surface area contributed by atoms with Crippen molar-refractivity contribution in [3.63, 3.8) is 0 Å². The first-order valence-corrected chi connectivity index (χ1v) is 11.8. The van der Waals surface area contributed by atoms with E-state index >= 15 is 0 Å². The molecule has 0 spiro atoms. The van der Waals surface area contributed by atoms with Crippen LogP contribution in [0.2, 0.25) is 0 Å². The van der Waals surface area contributed by atoms with Crippen molar-refractivity contribution in [1.29, 1.82) is 0 Å². The number of carboxylic acid groups (broad SMARTS) is 1. The highest BCUT2D eigenvalue weighted by Crippen LogP contribution is 2.43. The molecule has 3 aromatic carbocycles. The van der Waals surface area contributed by atoms with E-state index in [1.807, 2.05) is 36.4 Å². The number of hydrogen-bond donors (Lipinski definition) is 1. The Morgan fingerprint density at radius 2 is 1.53 bits per heavy atom. The van der Waals surface area contributed by atoms with Crippen LogP contribution in [0.25, 0.3) is 17.1 Å². The van der Waals surface area contributed by atoms with Gasteiger partial charge in [-0.1, -0.05) is 74.5 Å². The lowest BCUT2D eigenvalue weighted by Crippen LogP contribution is -2.23. The van der Waals surface area contributed by atoms with Crippen molar-refractivity contribution in [2.24, 2.45) is 0 Å². The monoisotopic (exact) mass is 444 g/mol. The van der Waals surface area contributed by atoms with Gasteiger partial charge in [0.25, 0.3) is 0 Å². The second kappa shape index (κ2) is 8.24. The van der Waals surface area contributed by atoms with Crippen LogP contribution in [-0.2, 0) is 15.3 Å². The molecule has 32 heavy (non-hydrogen) atoms. The lowest BCUT2D eigenvalue weighted by atomic mass is 9.75. The highest BCUT2D eigenvalue weighted by molar-refractivity contribution is 8.00. The Hall–Kier alpha value is -3.44. The Balaban J connectivity index is 1.74. The molecule has 0 heterocycles. The standard InChI is InChI=1S/C27H24O4S/c1-27(2)17-16-25(32(30,31)22-6-4-3-5-7-22)23-18-20(12-15-24(23)27)9-8-19-10-13-21(14-11-19)26(28)29/h3-16,18H,17H2,1-2H3,(H,28,29)/b9-8+. The van der Waals surface area contributed by atoms with Gasteiger partial charge in [-0.25, -0.2) is 13.2 Å². The molecule has 4 rings (SSSR count). The molecule has 0 radical (unpaired) electrons. The van der Waals surface area contributed by atoms with Crippen LogP contribution in [0.1, 0.15) is 52.9 Å². The predicted molar refractivity (Wildman–Crippen MR) is 128 cm³/mol. The molecule has 0 fully saturated rings. The summed E-state index contributed by atoms with van der Waals surface area (Å²) in [6.07, 6.45) is 6.27. The van der Waals surface area contributed by atoms with Gasteiger partial charge in [0.05, 0.1) is 15.4 Å². The van der Waals surface area contributed by atoms with Crippen molar-refractivity contribution in [3.05, 3.63) is 107 Å². The van der Waals surface area contributed by atoms with Gasteiger partial charge in [-0.15, -0.1) is 0 Å². The van der Waals surface area contributed by atoms with Crippen molar-refractivity contribution in [1.82, 2.24) is 0 Å². The molecule has 4 nitrogen and oxygen atoms in total. The number of hydrogen-bond acceptors (Lipinski definition) is 3. The summed E-state index contributed by atoms with van der Waals surface area (Å²) in [6, 6.07) is 21.0. The van der Waals surface area contributed by atoms with Gasteiger partial charge >= 0.3 is 5.97 Å². The molecule has 1 aliphatic carbocycles. The van der Waals surface area contributed by atoms with Gasteiger partial charge in [0.15, 0.2) is 0 Å². The second-order valence-electron chi connectivity index (χ2n) is 8.54. The van der Waals surface area contributed by atoms with E-state index in [1.165, 1.54) is 0 Å². The van der Waals surface area contributed by atoms with Crippen LogP contribution in [0.3, 0.4) is 0 Å². The number of rotatable bonds is 5. The topological polar surface area (TPSA) is 71.4 Å². The Kier molecular flexibility index (Phi) is 5.61. The summed E-state index contributed by atoms with van der Waals surface area (Å²) in [6.45, 7) is 4.24. The number of carbonyl (C=O) groups is 1. The average molecular weight is 445 g/mol. The number of benzene rings is 3. The smallest absolute Gasteiger partial charge is 0.335 e. The molecule has 5 heteroatoms. The average Bonchev–Trinajstić information content (AvgIpc) is 2.78. The van der Waals surface area contributed by atoms with Gasteiger partial charge in [0.1, 0.15) is 0 Å². The highest BCUT2D eigenvalue weighted by Gasteiger charge is 2.33. The van der Waals surface area contributed by atoms with Crippen LogP contribution in [-0.4, -0.2) is 19.5 Å². The summed E-state index contributed by atoms with van der Waals surface area (Å²) in [4.78, 5) is 11.7. The van der Waals surface area contributed by atoms with Gasteiger partial charge in [-0.3, -0.25) is 0 Å². The van der Waals surface area contributed by atoms with E-state index in [-0.39, 0.29) is 15.9 Å². The van der Waals surface area contributed by atoms with Crippen molar-refractivity contribution in [2.45, 2.75) is 30.6 Å². The van der Waals surface area contributed by atoms with Gasteiger partial charge < -0.3 is 5.11 Å². The SMILES string of the molecule is CC1(C)CC=C(S(=O)(=O)c2ccccc2)c2cc(/C=C/c3ccc(C(=O)O)cc3)ccc21. The van der Waals surface area contributed by atoms with Crippen molar-refractivity contribution in [3.8, 4) is 0 Å². The summed E-state index contributed by atoms with van der Waals surface area (Å²) in [5, 5.41) is 9.04. The molecule has 0 saturated heterocycles. The van der Waals surface area contributed by atoms with Crippen LogP contribution in [0, 0.1) is 0 Å². The Morgan fingerprint density at radius 3 is 2.19 bits per heavy atom. The fourth-order valence-electron chi connectivity index (χ4n) is 3.94. The molecule has 1 N–H and O–H groups in total. The van der Waals surface area contributed by atoms with E-state index < -0.39 is 15.8 Å². The third-order valence-corrected chi connectivity index (χ3v) is 7.66. The van der Waals surface area contributed by atoms with Crippen LogP contribution >= 0.6 is 0 Å². The van der Waals surface area contributed by atoms with Gasteiger partial charge in [-0.05, 0) is 64.4 Å². The van der Waals surface area contributed by atoms with Crippen molar-refractivity contribution < 1.29 is 18.3 Å². The van der Waals surface area contributed by atoms with Crippen LogP contribution < -0.4 is 0 Å². The maximum Gasteiger partial charge on any atom is 0.335 e. The molecule has 0 saturated carbocycles. The molecule has 162 valence electrons. The maximum absolute atomic E-state index is 13.4. The molecule has 0 bridgehead atoms. The molecule has 3 aromatic rings. The number of allylic oxidation sites excluding steroid dienone is 1. The second-order valence-corrected chi connectivity index (χ2v) is 10.5. The van der Waals surface area contributed by atoms with Crippen LogP contribution in [0.5, 0.6) is 0 Å². The first-order chi connectivity index (χ1) is 15.2. The number of carboxylic acids is 1. The number of sulfone groups is 1. The third kappa shape index (κ3) is 4.16. The lowest BCUT2D eigenvalue weighted by molar-refractivity contribution is 0.0697. The molecule has 0 atom stereocenters. The third-order valence-electron chi connectivity index (χ3n) is 5.80. The van der Waals surface area contributed by atoms with Crippen LogP contribution in [0.15, 0.2) is 83.8 Å².